The average Bonchev–Trinajstić information content (AvgIpc) is 2.63. The van der Waals surface area contributed by atoms with Crippen molar-refractivity contribution in [3.63, 3.8) is 0 Å². The maximum atomic E-state index is 12.5. The van der Waals surface area contributed by atoms with Crippen LogP contribution in [0.15, 0.2) is 24.3 Å². The molecule has 0 aliphatic rings. The van der Waals surface area contributed by atoms with Gasteiger partial charge in [-0.25, -0.2) is 4.79 Å². The Balaban J connectivity index is 2.14. The number of benzene rings is 1. The van der Waals surface area contributed by atoms with Crippen molar-refractivity contribution in [1.82, 2.24) is 15.0 Å². The zero-order chi connectivity index (χ0) is 24.2. The van der Waals surface area contributed by atoms with E-state index in [1.54, 1.807) is 0 Å². The van der Waals surface area contributed by atoms with Gasteiger partial charge in [-0.2, -0.15) is 49.5 Å². The van der Waals surface area contributed by atoms with Crippen LogP contribution in [0.2, 0.25) is 0 Å². The Morgan fingerprint density at radius 3 is 1.62 bits per heavy atom. The van der Waals surface area contributed by atoms with Gasteiger partial charge >= 0.3 is 36.6 Å². The number of anilines is 2. The van der Waals surface area contributed by atoms with Crippen LogP contribution in [0.5, 0.6) is 12.0 Å². The minimum absolute atomic E-state index is 0.133. The van der Waals surface area contributed by atoms with Gasteiger partial charge in [0.2, 0.25) is 5.95 Å². The summed E-state index contributed by atoms with van der Waals surface area (Å²) in [5, 5.41) is 3.91. The number of hydrogen-bond donors (Lipinski definition) is 2. The Hall–Kier alpha value is -3.53. The van der Waals surface area contributed by atoms with Crippen molar-refractivity contribution in [2.75, 3.05) is 23.8 Å². The number of rotatable bonds is 6. The van der Waals surface area contributed by atoms with Crippen LogP contribution in [0.3, 0.4) is 0 Å². The second kappa shape index (κ2) is 9.31. The van der Waals surface area contributed by atoms with E-state index in [1.165, 1.54) is 0 Å². The van der Waals surface area contributed by atoms with Crippen molar-refractivity contribution < 1.29 is 53.8 Å². The highest BCUT2D eigenvalue weighted by Crippen LogP contribution is 2.30. The number of nitrogens with one attached hydrogen (secondary N) is 2. The number of carbonyl (C=O) groups is 1. The van der Waals surface area contributed by atoms with E-state index in [2.05, 4.69) is 29.7 Å². The molecule has 2 aromatic rings. The molecule has 0 aliphatic heterocycles. The van der Waals surface area contributed by atoms with Crippen molar-refractivity contribution >= 4 is 17.7 Å². The van der Waals surface area contributed by atoms with Crippen LogP contribution in [0.1, 0.15) is 5.56 Å². The number of hydrogen-bond acceptors (Lipinski definition) is 6. The summed E-state index contributed by atoms with van der Waals surface area (Å²) < 4.78 is 120. The van der Waals surface area contributed by atoms with Crippen LogP contribution < -0.4 is 20.1 Å². The molecule has 0 saturated heterocycles. The first kappa shape index (κ1) is 24.7. The van der Waals surface area contributed by atoms with Crippen LogP contribution in [0, 0.1) is 0 Å². The van der Waals surface area contributed by atoms with Crippen LogP contribution in [0.25, 0.3) is 0 Å². The second-order valence-corrected chi connectivity index (χ2v) is 5.69. The van der Waals surface area contributed by atoms with E-state index in [1.807, 2.05) is 5.32 Å². The molecule has 0 spiro atoms. The molecule has 1 heterocycles. The summed E-state index contributed by atoms with van der Waals surface area (Å²) in [5.74, 6) is -0.862. The van der Waals surface area contributed by atoms with Gasteiger partial charge in [-0.3, -0.25) is 5.32 Å². The van der Waals surface area contributed by atoms with Gasteiger partial charge in [-0.1, -0.05) is 0 Å². The molecule has 8 nitrogen and oxygen atoms in total. The molecule has 17 heteroatoms. The van der Waals surface area contributed by atoms with E-state index >= 15 is 0 Å². The fourth-order valence-corrected chi connectivity index (χ4v) is 1.82. The third kappa shape index (κ3) is 8.68. The average molecular weight is 479 g/mol. The Morgan fingerprint density at radius 1 is 0.750 bits per heavy atom. The number of alkyl halides is 9. The molecule has 32 heavy (non-hydrogen) atoms. The van der Waals surface area contributed by atoms with Gasteiger partial charge in [0.05, 0.1) is 5.56 Å². The molecule has 2 amide bonds. The molecule has 0 bridgehead atoms. The number of urea groups is 1. The summed E-state index contributed by atoms with van der Waals surface area (Å²) in [5.41, 5.74) is -1.13. The minimum Gasteiger partial charge on any atom is -0.454 e. The molecule has 0 aliphatic carbocycles. The fraction of sp³-hybridized carbons (Fsp3) is 0.333. The van der Waals surface area contributed by atoms with E-state index in [9.17, 15) is 44.3 Å². The van der Waals surface area contributed by atoms with Gasteiger partial charge in [0.1, 0.15) is 0 Å². The zero-order valence-electron chi connectivity index (χ0n) is 15.2. The van der Waals surface area contributed by atoms with Gasteiger partial charge in [-0.15, -0.1) is 4.98 Å². The fourth-order valence-electron chi connectivity index (χ4n) is 1.82. The third-order valence-corrected chi connectivity index (χ3v) is 3.02. The monoisotopic (exact) mass is 479 g/mol. The largest absolute Gasteiger partial charge is 0.454 e. The van der Waals surface area contributed by atoms with Crippen molar-refractivity contribution in [3.8, 4) is 12.0 Å². The van der Waals surface area contributed by atoms with Crippen LogP contribution >= 0.6 is 0 Å². The number of carbonyl (C=O) groups excluding carboxylic acids is 1. The van der Waals surface area contributed by atoms with Crippen LogP contribution in [0.4, 0.5) is 55.9 Å². The maximum Gasteiger partial charge on any atom is 0.422 e. The van der Waals surface area contributed by atoms with E-state index in [0.29, 0.717) is 12.1 Å². The molecule has 0 unspecified atom stereocenters. The number of halogens is 9. The molecule has 2 rings (SSSR count). The molecule has 1 aromatic carbocycles. The van der Waals surface area contributed by atoms with Crippen molar-refractivity contribution in [2.45, 2.75) is 18.5 Å². The summed E-state index contributed by atoms with van der Waals surface area (Å²) >= 11 is 0. The molecule has 0 radical (unpaired) electrons. The Bertz CT molecular complexity index is 894. The number of nitrogens with zero attached hydrogens (tertiary/aromatic N) is 3. The summed E-state index contributed by atoms with van der Waals surface area (Å²) in [6, 6.07) is -0.315. The first-order valence-electron chi connectivity index (χ1n) is 8.01. The number of amides is 2. The second-order valence-electron chi connectivity index (χ2n) is 5.69. The van der Waals surface area contributed by atoms with Crippen molar-refractivity contribution in [1.29, 1.82) is 0 Å². The summed E-state index contributed by atoms with van der Waals surface area (Å²) in [7, 11) is 0. The molecule has 2 N–H and O–H groups in total. The lowest BCUT2D eigenvalue weighted by molar-refractivity contribution is -0.156. The van der Waals surface area contributed by atoms with Crippen molar-refractivity contribution in [3.05, 3.63) is 29.8 Å². The summed E-state index contributed by atoms with van der Waals surface area (Å²) in [6.45, 7) is -3.82. The Kier molecular flexibility index (Phi) is 7.20. The highest BCUT2D eigenvalue weighted by atomic mass is 19.4. The van der Waals surface area contributed by atoms with Gasteiger partial charge < -0.3 is 14.8 Å². The Labute approximate surface area is 171 Å². The highest BCUT2D eigenvalue weighted by molar-refractivity contribution is 5.98. The maximum absolute atomic E-state index is 12.5. The molecular formula is C15H10F9N5O3. The topological polar surface area (TPSA) is 98.3 Å². The molecule has 176 valence electrons. The predicted molar refractivity (Wildman–Crippen MR) is 87.0 cm³/mol. The zero-order valence-corrected chi connectivity index (χ0v) is 15.2. The summed E-state index contributed by atoms with van der Waals surface area (Å²) in [4.78, 5) is 21.6. The van der Waals surface area contributed by atoms with Crippen molar-refractivity contribution in [2.24, 2.45) is 0 Å². The standard InChI is InChI=1S/C15H10F9N5O3/c16-13(17,18)5-31-11-27-9(28-12(29-11)32-6-14(19,20)21)26-10(30)25-8-3-1-7(2-4-8)15(22,23)24/h1-4H,5-6H2,(H2,25,26,27,28,29,30). The van der Waals surface area contributed by atoms with Gasteiger partial charge in [0.15, 0.2) is 13.2 Å². The van der Waals surface area contributed by atoms with E-state index in [0.717, 1.165) is 12.1 Å². The third-order valence-electron chi connectivity index (χ3n) is 3.02. The molecule has 1 aromatic heterocycles. The molecule has 0 atom stereocenters. The van der Waals surface area contributed by atoms with E-state index in [4.69, 9.17) is 0 Å². The first-order valence-corrected chi connectivity index (χ1v) is 8.01. The Morgan fingerprint density at radius 2 is 1.22 bits per heavy atom. The lowest BCUT2D eigenvalue weighted by Crippen LogP contribution is -2.24. The predicted octanol–water partition coefficient (Wildman–Crippen LogP) is 4.42. The quantitative estimate of drug-likeness (QED) is 0.596. The molecular weight excluding hydrogens is 469 g/mol. The van der Waals surface area contributed by atoms with Gasteiger partial charge in [0.25, 0.3) is 0 Å². The lowest BCUT2D eigenvalue weighted by Gasteiger charge is -2.12. The van der Waals surface area contributed by atoms with Crippen LogP contribution in [-0.4, -0.2) is 46.5 Å². The van der Waals surface area contributed by atoms with E-state index in [-0.39, 0.29) is 5.69 Å². The van der Waals surface area contributed by atoms with Crippen LogP contribution in [-0.2, 0) is 6.18 Å². The van der Waals surface area contributed by atoms with E-state index < -0.39 is 61.3 Å². The summed E-state index contributed by atoms with van der Waals surface area (Å²) in [6.07, 6.45) is -14.3. The lowest BCUT2D eigenvalue weighted by atomic mass is 10.2. The van der Waals surface area contributed by atoms with Gasteiger partial charge in [-0.05, 0) is 24.3 Å². The van der Waals surface area contributed by atoms with Gasteiger partial charge in [0, 0.05) is 5.69 Å². The normalized spacial score (nSPS) is 12.3. The SMILES string of the molecule is O=C(Nc1ccc(C(F)(F)F)cc1)Nc1nc(OCC(F)(F)F)nc(OCC(F)(F)F)n1. The molecule has 0 saturated carbocycles. The smallest absolute Gasteiger partial charge is 0.422 e. The minimum atomic E-state index is -4.84. The first-order chi connectivity index (χ1) is 14.6. The number of ether oxygens (including phenoxy) is 2. The number of aromatic nitrogens is 3. The molecule has 0 fully saturated rings. The highest BCUT2D eigenvalue weighted by Gasteiger charge is 2.31.